The lowest BCUT2D eigenvalue weighted by Crippen LogP contribution is -2.17. The van der Waals surface area contributed by atoms with E-state index >= 15 is 0 Å². The highest BCUT2D eigenvalue weighted by Crippen LogP contribution is 2.35. The fourth-order valence-electron chi connectivity index (χ4n) is 3.22. The van der Waals surface area contributed by atoms with Gasteiger partial charge >= 0.3 is 0 Å². The van der Waals surface area contributed by atoms with Gasteiger partial charge in [-0.15, -0.1) is 21.5 Å². The van der Waals surface area contributed by atoms with E-state index in [2.05, 4.69) is 62.3 Å². The molecule has 1 aromatic carbocycles. The summed E-state index contributed by atoms with van der Waals surface area (Å²) in [5, 5.41) is 8.50. The second kappa shape index (κ2) is 7.40. The molecule has 0 aliphatic heterocycles. The normalized spacial score (nSPS) is 14.0. The van der Waals surface area contributed by atoms with Crippen LogP contribution in [0.4, 0.5) is 0 Å². The van der Waals surface area contributed by atoms with E-state index in [4.69, 9.17) is 4.42 Å². The Kier molecular flexibility index (Phi) is 5.01. The molecule has 0 unspecified atom stereocenters. The van der Waals surface area contributed by atoms with Crippen molar-refractivity contribution in [2.24, 2.45) is 0 Å². The zero-order valence-electron chi connectivity index (χ0n) is 14.2. The Morgan fingerprint density at radius 1 is 1.16 bits per heavy atom. The van der Waals surface area contributed by atoms with E-state index in [-0.39, 0.29) is 0 Å². The first kappa shape index (κ1) is 16.9. The zero-order valence-corrected chi connectivity index (χ0v) is 16.6. The Morgan fingerprint density at radius 2 is 2.00 bits per heavy atom. The molecule has 4 rings (SSSR count). The maximum atomic E-state index is 5.92. The SMILES string of the molecule is CN(Cc1nnc(-c2cc3c(s2)CCCC3)o1)Cc1ccccc1Br. The maximum Gasteiger partial charge on any atom is 0.257 e. The third-order valence-electron chi connectivity index (χ3n) is 4.48. The minimum absolute atomic E-state index is 0.638. The molecule has 3 aromatic rings. The number of thiophene rings is 1. The highest BCUT2D eigenvalue weighted by Gasteiger charge is 2.18. The van der Waals surface area contributed by atoms with Gasteiger partial charge in [0.15, 0.2) is 0 Å². The van der Waals surface area contributed by atoms with E-state index < -0.39 is 0 Å². The van der Waals surface area contributed by atoms with Crippen molar-refractivity contribution < 1.29 is 4.42 Å². The second-order valence-corrected chi connectivity index (χ2v) is 8.52. The molecule has 0 fully saturated rings. The monoisotopic (exact) mass is 417 g/mol. The summed E-state index contributed by atoms with van der Waals surface area (Å²) in [6, 6.07) is 10.5. The minimum Gasteiger partial charge on any atom is -0.419 e. The molecule has 0 radical (unpaired) electrons. The number of hydrogen-bond acceptors (Lipinski definition) is 5. The van der Waals surface area contributed by atoms with Gasteiger partial charge in [-0.2, -0.15) is 0 Å². The number of aromatic nitrogens is 2. The summed E-state index contributed by atoms with van der Waals surface area (Å²) >= 11 is 5.41. The Balaban J connectivity index is 1.44. The molecule has 1 aliphatic rings. The largest absolute Gasteiger partial charge is 0.419 e. The van der Waals surface area contributed by atoms with Crippen molar-refractivity contribution in [2.75, 3.05) is 7.05 Å². The molecular weight excluding hydrogens is 398 g/mol. The van der Waals surface area contributed by atoms with Crippen LogP contribution in [0.15, 0.2) is 39.2 Å². The van der Waals surface area contributed by atoms with Crippen LogP contribution in [0.5, 0.6) is 0 Å². The topological polar surface area (TPSA) is 42.2 Å². The van der Waals surface area contributed by atoms with Gasteiger partial charge in [-0.1, -0.05) is 34.1 Å². The van der Waals surface area contributed by atoms with E-state index in [9.17, 15) is 0 Å². The first-order chi connectivity index (χ1) is 12.2. The highest BCUT2D eigenvalue weighted by molar-refractivity contribution is 9.10. The van der Waals surface area contributed by atoms with Crippen LogP contribution in [0.25, 0.3) is 10.8 Å². The molecule has 2 heterocycles. The molecule has 4 nitrogen and oxygen atoms in total. The van der Waals surface area contributed by atoms with Crippen LogP contribution in [-0.4, -0.2) is 22.1 Å². The van der Waals surface area contributed by atoms with Crippen molar-refractivity contribution in [2.45, 2.75) is 38.8 Å². The molecule has 0 N–H and O–H groups in total. The summed E-state index contributed by atoms with van der Waals surface area (Å²) in [5.41, 5.74) is 2.72. The fourth-order valence-corrected chi connectivity index (χ4v) is 4.80. The second-order valence-electron chi connectivity index (χ2n) is 6.53. The molecule has 25 heavy (non-hydrogen) atoms. The lowest BCUT2D eigenvalue weighted by atomic mass is 9.99. The van der Waals surface area contributed by atoms with Crippen molar-refractivity contribution in [1.82, 2.24) is 15.1 Å². The molecule has 0 amide bonds. The molecule has 0 bridgehead atoms. The first-order valence-electron chi connectivity index (χ1n) is 8.55. The standard InChI is InChI=1S/C19H20BrN3OS/c1-23(11-14-7-2-4-8-15(14)20)12-18-21-22-19(24-18)17-10-13-6-3-5-9-16(13)25-17/h2,4,7-8,10H,3,5-6,9,11-12H2,1H3. The van der Waals surface area contributed by atoms with Gasteiger partial charge in [0, 0.05) is 15.9 Å². The van der Waals surface area contributed by atoms with Gasteiger partial charge in [0.2, 0.25) is 5.89 Å². The van der Waals surface area contributed by atoms with E-state index in [1.807, 2.05) is 17.4 Å². The van der Waals surface area contributed by atoms with Crippen LogP contribution in [0.3, 0.4) is 0 Å². The average Bonchev–Trinajstić information content (AvgIpc) is 3.23. The lowest BCUT2D eigenvalue weighted by molar-refractivity contribution is 0.282. The van der Waals surface area contributed by atoms with E-state index in [1.165, 1.54) is 41.7 Å². The number of benzene rings is 1. The van der Waals surface area contributed by atoms with E-state index in [0.29, 0.717) is 18.3 Å². The van der Waals surface area contributed by atoms with Gasteiger partial charge < -0.3 is 4.42 Å². The molecule has 0 atom stereocenters. The molecular formula is C19H20BrN3OS. The molecule has 0 spiro atoms. The molecule has 1 aliphatic carbocycles. The highest BCUT2D eigenvalue weighted by atomic mass is 79.9. The summed E-state index contributed by atoms with van der Waals surface area (Å²) in [6.45, 7) is 1.46. The van der Waals surface area contributed by atoms with Gasteiger partial charge in [-0.3, -0.25) is 4.90 Å². The van der Waals surface area contributed by atoms with Crippen LogP contribution in [0.1, 0.15) is 34.7 Å². The summed E-state index contributed by atoms with van der Waals surface area (Å²) in [7, 11) is 2.06. The Hall–Kier alpha value is -1.50. The Morgan fingerprint density at radius 3 is 2.84 bits per heavy atom. The van der Waals surface area contributed by atoms with Crippen LogP contribution in [0.2, 0.25) is 0 Å². The van der Waals surface area contributed by atoms with Crippen molar-refractivity contribution >= 4 is 27.3 Å². The van der Waals surface area contributed by atoms with Crippen molar-refractivity contribution in [3.05, 3.63) is 56.7 Å². The van der Waals surface area contributed by atoms with Gasteiger partial charge in [0.25, 0.3) is 5.89 Å². The van der Waals surface area contributed by atoms with Gasteiger partial charge in [0.05, 0.1) is 11.4 Å². The third-order valence-corrected chi connectivity index (χ3v) is 6.48. The molecule has 0 saturated heterocycles. The fraction of sp³-hybridized carbons (Fsp3) is 0.368. The van der Waals surface area contributed by atoms with Crippen molar-refractivity contribution in [3.8, 4) is 10.8 Å². The lowest BCUT2D eigenvalue weighted by Gasteiger charge is -2.15. The maximum absolute atomic E-state index is 5.92. The number of aryl methyl sites for hydroxylation is 2. The van der Waals surface area contributed by atoms with Gasteiger partial charge in [-0.05, 0) is 56.0 Å². The Bertz CT molecular complexity index is 850. The summed E-state index contributed by atoms with van der Waals surface area (Å²) in [5.74, 6) is 1.32. The van der Waals surface area contributed by atoms with Crippen LogP contribution >= 0.6 is 27.3 Å². The summed E-state index contributed by atoms with van der Waals surface area (Å²) in [4.78, 5) is 4.78. The zero-order chi connectivity index (χ0) is 17.2. The van der Waals surface area contributed by atoms with Crippen LogP contribution < -0.4 is 0 Å². The number of halogens is 1. The summed E-state index contributed by atoms with van der Waals surface area (Å²) < 4.78 is 7.04. The number of hydrogen-bond donors (Lipinski definition) is 0. The molecule has 130 valence electrons. The molecule has 0 saturated carbocycles. The molecule has 6 heteroatoms. The molecule has 2 aromatic heterocycles. The quantitative estimate of drug-likeness (QED) is 0.580. The first-order valence-corrected chi connectivity index (χ1v) is 10.2. The van der Waals surface area contributed by atoms with Gasteiger partial charge in [0.1, 0.15) is 0 Å². The van der Waals surface area contributed by atoms with Crippen molar-refractivity contribution in [1.29, 1.82) is 0 Å². The Labute approximate surface area is 160 Å². The average molecular weight is 418 g/mol. The summed E-state index contributed by atoms with van der Waals surface area (Å²) in [6.07, 6.45) is 4.96. The predicted octanol–water partition coefficient (Wildman–Crippen LogP) is 5.07. The number of rotatable bonds is 5. The third kappa shape index (κ3) is 3.86. The number of fused-ring (bicyclic) bond motifs is 1. The van der Waals surface area contributed by atoms with Gasteiger partial charge in [-0.25, -0.2) is 0 Å². The van der Waals surface area contributed by atoms with Crippen molar-refractivity contribution in [3.63, 3.8) is 0 Å². The smallest absolute Gasteiger partial charge is 0.257 e. The van der Waals surface area contributed by atoms with E-state index in [0.717, 1.165) is 15.9 Å². The van der Waals surface area contributed by atoms with Crippen LogP contribution in [0, 0.1) is 0 Å². The minimum atomic E-state index is 0.638. The van der Waals surface area contributed by atoms with Crippen LogP contribution in [-0.2, 0) is 25.9 Å². The number of nitrogens with zero attached hydrogens (tertiary/aromatic N) is 3. The van der Waals surface area contributed by atoms with E-state index in [1.54, 1.807) is 0 Å². The predicted molar refractivity (Wildman–Crippen MR) is 104 cm³/mol.